The molecule has 0 radical (unpaired) electrons. The maximum absolute atomic E-state index is 11.0. The van der Waals surface area contributed by atoms with Gasteiger partial charge in [-0.1, -0.05) is 18.7 Å². The van der Waals surface area contributed by atoms with Gasteiger partial charge >= 0.3 is 5.97 Å². The molecule has 1 rings (SSSR count). The first kappa shape index (κ1) is 7.85. The van der Waals surface area contributed by atoms with Crippen LogP contribution in [0.25, 0.3) is 0 Å². The molecule has 0 aliphatic carbocycles. The Morgan fingerprint density at radius 1 is 1.91 bits per heavy atom. The first-order valence-electron chi connectivity index (χ1n) is 3.52. The molecule has 1 aliphatic rings. The summed E-state index contributed by atoms with van der Waals surface area (Å²) in [6.07, 6.45) is 5.12. The number of nitrogens with one attached hydrogen (secondary N) is 1. The summed E-state index contributed by atoms with van der Waals surface area (Å²) >= 11 is 0. The summed E-state index contributed by atoms with van der Waals surface area (Å²) in [6, 6.07) is 0. The lowest BCUT2D eigenvalue weighted by molar-refractivity contribution is -0.145. The summed E-state index contributed by atoms with van der Waals surface area (Å²) in [5.74, 6) is -0.305. The molecule has 3 heteroatoms. The van der Waals surface area contributed by atoms with Crippen LogP contribution in [0, 0.1) is 5.92 Å². The standard InChI is InChI=1S/C8H11NO2/c1-2-5-11-8(10)7-3-4-9-6-7/h2-4,7,9H,1,5-6H2. The number of carbonyl (C=O) groups is 1. The van der Waals surface area contributed by atoms with Crippen molar-refractivity contribution < 1.29 is 9.53 Å². The highest BCUT2D eigenvalue weighted by Crippen LogP contribution is 2.04. The van der Waals surface area contributed by atoms with E-state index in [1.54, 1.807) is 18.4 Å². The summed E-state index contributed by atoms with van der Waals surface area (Å²) in [7, 11) is 0. The van der Waals surface area contributed by atoms with Crippen LogP contribution in [0.2, 0.25) is 0 Å². The van der Waals surface area contributed by atoms with Crippen LogP contribution >= 0.6 is 0 Å². The van der Waals surface area contributed by atoms with Crippen molar-refractivity contribution in [3.05, 3.63) is 24.9 Å². The number of ether oxygens (including phenoxy) is 1. The Hall–Kier alpha value is -1.25. The van der Waals surface area contributed by atoms with Crippen LogP contribution in [-0.2, 0) is 9.53 Å². The molecule has 0 bridgehead atoms. The van der Waals surface area contributed by atoms with E-state index in [1.807, 2.05) is 0 Å². The summed E-state index contributed by atoms with van der Waals surface area (Å²) in [5.41, 5.74) is 0. The van der Waals surface area contributed by atoms with Gasteiger partial charge in [0.05, 0.1) is 5.92 Å². The number of carbonyl (C=O) groups excluding carboxylic acids is 1. The van der Waals surface area contributed by atoms with E-state index in [2.05, 4.69) is 11.9 Å². The second kappa shape index (κ2) is 3.81. The fraction of sp³-hybridized carbons (Fsp3) is 0.375. The number of hydrogen-bond acceptors (Lipinski definition) is 3. The van der Waals surface area contributed by atoms with Crippen LogP contribution in [0.1, 0.15) is 0 Å². The van der Waals surface area contributed by atoms with Crippen molar-refractivity contribution in [3.8, 4) is 0 Å². The third kappa shape index (κ3) is 2.11. The van der Waals surface area contributed by atoms with E-state index < -0.39 is 0 Å². The summed E-state index contributed by atoms with van der Waals surface area (Å²) < 4.78 is 4.83. The lowest BCUT2D eigenvalue weighted by Gasteiger charge is -2.05. The van der Waals surface area contributed by atoms with Crippen LogP contribution in [0.5, 0.6) is 0 Å². The van der Waals surface area contributed by atoms with Crippen molar-refractivity contribution in [1.29, 1.82) is 0 Å². The Kier molecular flexibility index (Phi) is 2.72. The van der Waals surface area contributed by atoms with Crippen LogP contribution in [0.15, 0.2) is 24.9 Å². The Balaban J connectivity index is 2.29. The van der Waals surface area contributed by atoms with Gasteiger partial charge in [0.15, 0.2) is 0 Å². The van der Waals surface area contributed by atoms with Gasteiger partial charge in [-0.3, -0.25) is 4.79 Å². The monoisotopic (exact) mass is 153 g/mol. The molecular formula is C8H11NO2. The molecule has 3 nitrogen and oxygen atoms in total. The molecule has 1 heterocycles. The smallest absolute Gasteiger partial charge is 0.314 e. The number of rotatable bonds is 3. The van der Waals surface area contributed by atoms with Crippen molar-refractivity contribution in [2.75, 3.05) is 13.2 Å². The number of hydrogen-bond donors (Lipinski definition) is 1. The summed E-state index contributed by atoms with van der Waals surface area (Å²) in [5, 5.41) is 2.92. The summed E-state index contributed by atoms with van der Waals surface area (Å²) in [4.78, 5) is 11.0. The van der Waals surface area contributed by atoms with E-state index in [4.69, 9.17) is 4.74 Å². The Morgan fingerprint density at radius 3 is 3.27 bits per heavy atom. The van der Waals surface area contributed by atoms with Crippen molar-refractivity contribution >= 4 is 5.97 Å². The third-order valence-electron chi connectivity index (χ3n) is 1.43. The van der Waals surface area contributed by atoms with Gasteiger partial charge < -0.3 is 10.1 Å². The minimum Gasteiger partial charge on any atom is -0.461 e. The molecule has 1 aliphatic heterocycles. The van der Waals surface area contributed by atoms with Gasteiger partial charge in [-0.15, -0.1) is 0 Å². The van der Waals surface area contributed by atoms with Crippen LogP contribution in [0.4, 0.5) is 0 Å². The summed E-state index contributed by atoms with van der Waals surface area (Å²) in [6.45, 7) is 4.39. The Bertz CT molecular complexity index is 187. The molecule has 0 aromatic carbocycles. The predicted molar refractivity (Wildman–Crippen MR) is 41.8 cm³/mol. The molecule has 1 N–H and O–H groups in total. The van der Waals surface area contributed by atoms with Crippen LogP contribution in [0.3, 0.4) is 0 Å². The molecule has 0 aromatic rings. The molecule has 0 spiro atoms. The predicted octanol–water partition coefficient (Wildman–Crippen LogP) is 0.449. The average molecular weight is 153 g/mol. The quantitative estimate of drug-likeness (QED) is 0.472. The normalized spacial score (nSPS) is 20.9. The van der Waals surface area contributed by atoms with Gasteiger partial charge in [-0.2, -0.15) is 0 Å². The zero-order chi connectivity index (χ0) is 8.10. The third-order valence-corrected chi connectivity index (χ3v) is 1.43. The molecule has 0 saturated heterocycles. The van der Waals surface area contributed by atoms with Crippen molar-refractivity contribution in [2.45, 2.75) is 0 Å². The second-order valence-electron chi connectivity index (χ2n) is 2.29. The van der Waals surface area contributed by atoms with Gasteiger partial charge in [-0.25, -0.2) is 0 Å². The Labute approximate surface area is 65.7 Å². The molecule has 60 valence electrons. The minimum atomic E-state index is -0.189. The largest absolute Gasteiger partial charge is 0.461 e. The first-order valence-corrected chi connectivity index (χ1v) is 3.52. The van der Waals surface area contributed by atoms with Gasteiger partial charge in [0.1, 0.15) is 6.61 Å². The van der Waals surface area contributed by atoms with Gasteiger partial charge in [0.2, 0.25) is 0 Å². The highest BCUT2D eigenvalue weighted by atomic mass is 16.5. The van der Waals surface area contributed by atoms with E-state index in [0.717, 1.165) is 0 Å². The highest BCUT2D eigenvalue weighted by Gasteiger charge is 2.18. The van der Waals surface area contributed by atoms with E-state index in [0.29, 0.717) is 13.2 Å². The van der Waals surface area contributed by atoms with Gasteiger partial charge in [0, 0.05) is 6.54 Å². The SMILES string of the molecule is C=CCOC(=O)C1C=CNC1. The molecule has 0 amide bonds. The second-order valence-corrected chi connectivity index (χ2v) is 2.29. The molecule has 1 unspecified atom stereocenters. The zero-order valence-electron chi connectivity index (χ0n) is 6.25. The van der Waals surface area contributed by atoms with E-state index in [1.165, 1.54) is 0 Å². The highest BCUT2D eigenvalue weighted by molar-refractivity contribution is 5.75. The van der Waals surface area contributed by atoms with E-state index in [-0.39, 0.29) is 11.9 Å². The van der Waals surface area contributed by atoms with Crippen LogP contribution in [-0.4, -0.2) is 19.1 Å². The van der Waals surface area contributed by atoms with E-state index >= 15 is 0 Å². The Morgan fingerprint density at radius 2 is 2.73 bits per heavy atom. The topological polar surface area (TPSA) is 38.3 Å². The lowest BCUT2D eigenvalue weighted by Crippen LogP contribution is -2.20. The molecule has 0 fully saturated rings. The van der Waals surface area contributed by atoms with Crippen molar-refractivity contribution in [3.63, 3.8) is 0 Å². The first-order chi connectivity index (χ1) is 5.34. The molecular weight excluding hydrogens is 142 g/mol. The van der Waals surface area contributed by atoms with Crippen molar-refractivity contribution in [2.24, 2.45) is 5.92 Å². The molecule has 11 heavy (non-hydrogen) atoms. The fourth-order valence-corrected chi connectivity index (χ4v) is 0.857. The van der Waals surface area contributed by atoms with Crippen LogP contribution < -0.4 is 5.32 Å². The molecule has 1 atom stereocenters. The maximum atomic E-state index is 11.0. The molecule has 0 aromatic heterocycles. The fourth-order valence-electron chi connectivity index (χ4n) is 0.857. The van der Waals surface area contributed by atoms with Crippen molar-refractivity contribution in [1.82, 2.24) is 5.32 Å². The van der Waals surface area contributed by atoms with Gasteiger partial charge in [0.25, 0.3) is 0 Å². The average Bonchev–Trinajstić information content (AvgIpc) is 2.52. The number of esters is 1. The van der Waals surface area contributed by atoms with Gasteiger partial charge in [-0.05, 0) is 6.20 Å². The lowest BCUT2D eigenvalue weighted by atomic mass is 10.2. The minimum absolute atomic E-state index is 0.116. The van der Waals surface area contributed by atoms with E-state index in [9.17, 15) is 4.79 Å². The maximum Gasteiger partial charge on any atom is 0.314 e. The molecule has 0 saturated carbocycles. The zero-order valence-corrected chi connectivity index (χ0v) is 6.25.